The molecule has 0 saturated heterocycles. The number of anilines is 1. The van der Waals surface area contributed by atoms with E-state index in [0.717, 1.165) is 21.2 Å². The van der Waals surface area contributed by atoms with E-state index in [2.05, 4.69) is 25.9 Å². The SMILES string of the molecule is O=C(NC(=S)Nc1cccc(-c2nn3cnnc3s2)c1)c1cccs1. The van der Waals surface area contributed by atoms with E-state index in [-0.39, 0.29) is 11.0 Å². The van der Waals surface area contributed by atoms with Crippen LogP contribution in [0.15, 0.2) is 48.1 Å². The lowest BCUT2D eigenvalue weighted by Gasteiger charge is -2.09. The van der Waals surface area contributed by atoms with Gasteiger partial charge >= 0.3 is 0 Å². The van der Waals surface area contributed by atoms with Crippen molar-refractivity contribution in [2.24, 2.45) is 0 Å². The number of carbonyl (C=O) groups is 1. The number of rotatable bonds is 3. The Morgan fingerprint density at radius 3 is 2.96 bits per heavy atom. The van der Waals surface area contributed by atoms with Crippen LogP contribution in [0.4, 0.5) is 5.69 Å². The fourth-order valence-corrected chi connectivity index (χ4v) is 3.79. The van der Waals surface area contributed by atoms with Crippen molar-refractivity contribution in [2.45, 2.75) is 0 Å². The number of nitrogens with zero attached hydrogens (tertiary/aromatic N) is 4. The zero-order valence-electron chi connectivity index (χ0n) is 12.5. The second kappa shape index (κ2) is 6.67. The van der Waals surface area contributed by atoms with Crippen LogP contribution in [0.1, 0.15) is 9.67 Å². The third-order valence-corrected chi connectivity index (χ3v) is 5.26. The van der Waals surface area contributed by atoms with Crippen LogP contribution in [0.25, 0.3) is 15.5 Å². The molecule has 0 aliphatic heterocycles. The lowest BCUT2D eigenvalue weighted by atomic mass is 10.2. The second-order valence-electron chi connectivity index (χ2n) is 4.93. The van der Waals surface area contributed by atoms with Gasteiger partial charge in [-0.15, -0.1) is 21.5 Å². The molecule has 0 spiro atoms. The van der Waals surface area contributed by atoms with Gasteiger partial charge in [0.05, 0.1) is 4.88 Å². The molecule has 0 aliphatic carbocycles. The Morgan fingerprint density at radius 1 is 1.24 bits per heavy atom. The van der Waals surface area contributed by atoms with E-state index in [1.165, 1.54) is 22.7 Å². The second-order valence-corrected chi connectivity index (χ2v) is 7.24. The van der Waals surface area contributed by atoms with Gasteiger partial charge in [0.25, 0.3) is 5.91 Å². The van der Waals surface area contributed by atoms with Crippen LogP contribution in [0.3, 0.4) is 0 Å². The molecule has 2 N–H and O–H groups in total. The van der Waals surface area contributed by atoms with E-state index >= 15 is 0 Å². The normalized spacial score (nSPS) is 10.7. The Kier molecular flexibility index (Phi) is 4.22. The van der Waals surface area contributed by atoms with E-state index in [0.29, 0.717) is 4.88 Å². The molecule has 0 radical (unpaired) electrons. The van der Waals surface area contributed by atoms with Gasteiger partial charge in [-0.3, -0.25) is 10.1 Å². The van der Waals surface area contributed by atoms with Crippen LogP contribution in [0.2, 0.25) is 0 Å². The number of thiocarbonyl (C=S) groups is 1. The van der Waals surface area contributed by atoms with Gasteiger partial charge in [0.2, 0.25) is 4.96 Å². The average Bonchev–Trinajstić information content (AvgIpc) is 3.32. The number of hydrogen-bond donors (Lipinski definition) is 2. The number of carbonyl (C=O) groups excluding carboxylic acids is 1. The highest BCUT2D eigenvalue weighted by Crippen LogP contribution is 2.26. The van der Waals surface area contributed by atoms with Crippen LogP contribution in [-0.2, 0) is 0 Å². The first-order chi connectivity index (χ1) is 12.2. The minimum atomic E-state index is -0.225. The van der Waals surface area contributed by atoms with Gasteiger partial charge in [-0.2, -0.15) is 9.61 Å². The number of hydrogen-bond acceptors (Lipinski definition) is 7. The average molecular weight is 386 g/mol. The summed E-state index contributed by atoms with van der Waals surface area (Å²) in [7, 11) is 0. The molecule has 0 saturated carbocycles. The molecule has 1 aromatic carbocycles. The molecule has 0 aliphatic rings. The lowest BCUT2D eigenvalue weighted by Crippen LogP contribution is -2.33. The molecule has 0 bridgehead atoms. The van der Waals surface area contributed by atoms with Crippen molar-refractivity contribution >= 4 is 56.6 Å². The standard InChI is InChI=1S/C15H10N6OS3/c22-12(11-5-2-6-24-11)18-14(23)17-10-4-1-3-9(7-10)13-20-21-8-16-19-15(21)25-13/h1-8H,(H2,17,18,22,23). The molecule has 1 amide bonds. The fraction of sp³-hybridized carbons (Fsp3) is 0. The summed E-state index contributed by atoms with van der Waals surface area (Å²) in [6.07, 6.45) is 1.56. The molecule has 10 heteroatoms. The molecular formula is C15H10N6OS3. The van der Waals surface area contributed by atoms with Crippen molar-refractivity contribution in [2.75, 3.05) is 5.32 Å². The van der Waals surface area contributed by atoms with Crippen LogP contribution in [-0.4, -0.2) is 30.8 Å². The predicted octanol–water partition coefficient (Wildman–Crippen LogP) is 3.04. The number of benzene rings is 1. The minimum Gasteiger partial charge on any atom is -0.332 e. The van der Waals surface area contributed by atoms with Gasteiger partial charge in [-0.25, -0.2) is 0 Å². The van der Waals surface area contributed by atoms with Crippen molar-refractivity contribution in [3.8, 4) is 10.6 Å². The molecule has 0 fully saturated rings. The van der Waals surface area contributed by atoms with Gasteiger partial charge in [0.15, 0.2) is 5.11 Å². The zero-order valence-corrected chi connectivity index (χ0v) is 15.0. The monoisotopic (exact) mass is 386 g/mol. The smallest absolute Gasteiger partial charge is 0.267 e. The van der Waals surface area contributed by atoms with E-state index in [9.17, 15) is 4.79 Å². The number of fused-ring (bicyclic) bond motifs is 1. The Morgan fingerprint density at radius 2 is 2.16 bits per heavy atom. The number of aromatic nitrogens is 4. The summed E-state index contributed by atoms with van der Waals surface area (Å²) in [5, 5.41) is 20.8. The summed E-state index contributed by atoms with van der Waals surface area (Å²) in [5.74, 6) is -0.225. The molecule has 3 heterocycles. The highest BCUT2D eigenvalue weighted by atomic mass is 32.1. The third kappa shape index (κ3) is 3.40. The largest absolute Gasteiger partial charge is 0.332 e. The van der Waals surface area contributed by atoms with Crippen LogP contribution in [0.5, 0.6) is 0 Å². The third-order valence-electron chi connectivity index (χ3n) is 3.23. The Hall–Kier alpha value is -2.69. The lowest BCUT2D eigenvalue weighted by molar-refractivity contribution is 0.0981. The summed E-state index contributed by atoms with van der Waals surface area (Å²) in [6.45, 7) is 0. The van der Waals surface area contributed by atoms with E-state index in [1.807, 2.05) is 35.7 Å². The van der Waals surface area contributed by atoms with Crippen LogP contribution in [0, 0.1) is 0 Å². The molecule has 0 unspecified atom stereocenters. The van der Waals surface area contributed by atoms with Gasteiger partial charge in [0, 0.05) is 11.3 Å². The number of nitrogens with one attached hydrogen (secondary N) is 2. The molecule has 0 atom stereocenters. The summed E-state index contributed by atoms with van der Waals surface area (Å²) in [4.78, 5) is 13.4. The van der Waals surface area contributed by atoms with Crippen LogP contribution < -0.4 is 10.6 Å². The summed E-state index contributed by atoms with van der Waals surface area (Å²) < 4.78 is 1.63. The maximum Gasteiger partial charge on any atom is 0.267 e. The van der Waals surface area contributed by atoms with E-state index in [1.54, 1.807) is 16.9 Å². The Labute approximate surface area is 155 Å². The van der Waals surface area contributed by atoms with Gasteiger partial charge in [0.1, 0.15) is 11.3 Å². The first-order valence-electron chi connectivity index (χ1n) is 7.12. The quantitative estimate of drug-likeness (QED) is 0.527. The molecule has 4 aromatic rings. The Bertz CT molecular complexity index is 1020. The number of thiophene rings is 1. The van der Waals surface area contributed by atoms with Crippen molar-refractivity contribution in [3.05, 3.63) is 53.0 Å². The minimum absolute atomic E-state index is 0.225. The topological polar surface area (TPSA) is 84.2 Å². The van der Waals surface area contributed by atoms with Gasteiger partial charge < -0.3 is 5.32 Å². The van der Waals surface area contributed by atoms with Crippen molar-refractivity contribution in [1.82, 2.24) is 25.1 Å². The predicted molar refractivity (Wildman–Crippen MR) is 102 cm³/mol. The van der Waals surface area contributed by atoms with Gasteiger partial charge in [-0.05, 0) is 35.8 Å². The first-order valence-corrected chi connectivity index (χ1v) is 9.22. The first kappa shape index (κ1) is 15.8. The summed E-state index contributed by atoms with van der Waals surface area (Å²) in [6, 6.07) is 11.2. The van der Waals surface area contributed by atoms with Gasteiger partial charge in [-0.1, -0.05) is 29.5 Å². The molecule has 7 nitrogen and oxygen atoms in total. The van der Waals surface area contributed by atoms with Crippen LogP contribution >= 0.6 is 34.9 Å². The maximum absolute atomic E-state index is 12.0. The molecule has 3 aromatic heterocycles. The summed E-state index contributed by atoms with van der Waals surface area (Å²) >= 11 is 8.02. The highest BCUT2D eigenvalue weighted by molar-refractivity contribution is 7.80. The molecule has 25 heavy (non-hydrogen) atoms. The van der Waals surface area contributed by atoms with E-state index in [4.69, 9.17) is 12.2 Å². The highest BCUT2D eigenvalue weighted by Gasteiger charge is 2.11. The van der Waals surface area contributed by atoms with Crippen molar-refractivity contribution in [3.63, 3.8) is 0 Å². The molecular weight excluding hydrogens is 376 g/mol. The zero-order chi connectivity index (χ0) is 17.2. The Balaban J connectivity index is 1.48. The summed E-state index contributed by atoms with van der Waals surface area (Å²) in [5.41, 5.74) is 1.69. The molecule has 124 valence electrons. The maximum atomic E-state index is 12.0. The number of amides is 1. The molecule has 4 rings (SSSR count). The fourth-order valence-electron chi connectivity index (χ4n) is 2.14. The van der Waals surface area contributed by atoms with E-state index < -0.39 is 0 Å². The van der Waals surface area contributed by atoms with Crippen molar-refractivity contribution < 1.29 is 4.79 Å². The van der Waals surface area contributed by atoms with Crippen molar-refractivity contribution in [1.29, 1.82) is 0 Å².